The molecule has 0 saturated carbocycles. The maximum atomic E-state index is 12.8. The van der Waals surface area contributed by atoms with Gasteiger partial charge in [-0.1, -0.05) is 12.1 Å². The van der Waals surface area contributed by atoms with Gasteiger partial charge < -0.3 is 20.0 Å². The SMILES string of the molecule is O=C(NCCc1ccc(F)cc1)NC1CCN(C(=O)c2ccoc2)CC1. The van der Waals surface area contributed by atoms with Crippen LogP contribution in [-0.4, -0.2) is 42.5 Å². The lowest BCUT2D eigenvalue weighted by Gasteiger charge is -2.32. The molecule has 0 unspecified atom stereocenters. The predicted molar refractivity (Wildman–Crippen MR) is 94.3 cm³/mol. The van der Waals surface area contributed by atoms with Crippen LogP contribution in [0.5, 0.6) is 0 Å². The molecule has 138 valence electrons. The van der Waals surface area contributed by atoms with Crippen molar-refractivity contribution in [3.05, 3.63) is 59.8 Å². The van der Waals surface area contributed by atoms with Crippen LogP contribution in [0.15, 0.2) is 47.3 Å². The Balaban J connectivity index is 1.35. The van der Waals surface area contributed by atoms with Gasteiger partial charge in [0.2, 0.25) is 0 Å². The van der Waals surface area contributed by atoms with E-state index in [0.29, 0.717) is 31.6 Å². The second-order valence-corrected chi connectivity index (χ2v) is 6.36. The summed E-state index contributed by atoms with van der Waals surface area (Å²) in [6.07, 6.45) is 5.01. The molecule has 0 aliphatic carbocycles. The number of urea groups is 1. The standard InChI is InChI=1S/C19H22FN3O3/c20-16-3-1-14(2-4-16)5-9-21-19(25)22-17-6-10-23(11-7-17)18(24)15-8-12-26-13-15/h1-4,8,12-13,17H,5-7,9-11H2,(H2,21,22,25). The van der Waals surface area contributed by atoms with Gasteiger partial charge in [0.1, 0.15) is 12.1 Å². The third-order valence-corrected chi connectivity index (χ3v) is 4.50. The van der Waals surface area contributed by atoms with E-state index in [4.69, 9.17) is 4.42 Å². The van der Waals surface area contributed by atoms with Crippen LogP contribution in [0.25, 0.3) is 0 Å². The highest BCUT2D eigenvalue weighted by Crippen LogP contribution is 2.14. The maximum Gasteiger partial charge on any atom is 0.315 e. The Bertz CT molecular complexity index is 723. The van der Waals surface area contributed by atoms with E-state index in [0.717, 1.165) is 18.4 Å². The number of halogens is 1. The first-order chi connectivity index (χ1) is 12.6. The number of benzene rings is 1. The van der Waals surface area contributed by atoms with Crippen molar-refractivity contribution in [3.63, 3.8) is 0 Å². The lowest BCUT2D eigenvalue weighted by molar-refractivity contribution is 0.0707. The summed E-state index contributed by atoms with van der Waals surface area (Å²) in [5.74, 6) is -0.307. The first-order valence-electron chi connectivity index (χ1n) is 8.72. The number of carbonyl (C=O) groups excluding carboxylic acids is 2. The molecule has 1 saturated heterocycles. The fourth-order valence-corrected chi connectivity index (χ4v) is 3.00. The molecule has 6 nitrogen and oxygen atoms in total. The number of amides is 3. The van der Waals surface area contributed by atoms with Gasteiger partial charge in [-0.2, -0.15) is 0 Å². The molecule has 0 bridgehead atoms. The van der Waals surface area contributed by atoms with Crippen LogP contribution in [0.3, 0.4) is 0 Å². The molecule has 7 heteroatoms. The predicted octanol–water partition coefficient (Wildman–Crippen LogP) is 2.57. The number of hydrogen-bond donors (Lipinski definition) is 2. The van der Waals surface area contributed by atoms with E-state index in [1.54, 1.807) is 23.1 Å². The monoisotopic (exact) mass is 359 g/mol. The molecule has 2 N–H and O–H groups in total. The van der Waals surface area contributed by atoms with Gasteiger partial charge in [-0.3, -0.25) is 4.79 Å². The quantitative estimate of drug-likeness (QED) is 0.862. The maximum absolute atomic E-state index is 12.8. The highest BCUT2D eigenvalue weighted by Gasteiger charge is 2.24. The second-order valence-electron chi connectivity index (χ2n) is 6.36. The van der Waals surface area contributed by atoms with E-state index < -0.39 is 0 Å². The van der Waals surface area contributed by atoms with Crippen LogP contribution in [0.2, 0.25) is 0 Å². The Labute approximate surface area is 151 Å². The normalized spacial score (nSPS) is 14.9. The third kappa shape index (κ3) is 4.84. The molecule has 26 heavy (non-hydrogen) atoms. The Morgan fingerprint density at radius 3 is 2.54 bits per heavy atom. The van der Waals surface area contributed by atoms with Crippen molar-refractivity contribution in [3.8, 4) is 0 Å². The number of likely N-dealkylation sites (tertiary alicyclic amines) is 1. The number of furan rings is 1. The van der Waals surface area contributed by atoms with Crippen LogP contribution in [0, 0.1) is 5.82 Å². The Kier molecular flexibility index (Phi) is 5.88. The summed E-state index contributed by atoms with van der Waals surface area (Å²) in [6.45, 7) is 1.68. The summed E-state index contributed by atoms with van der Waals surface area (Å²) in [4.78, 5) is 26.0. The van der Waals surface area contributed by atoms with Crippen LogP contribution >= 0.6 is 0 Å². The number of nitrogens with one attached hydrogen (secondary N) is 2. The molecule has 1 aliphatic rings. The minimum absolute atomic E-state index is 0.0408. The van der Waals surface area contributed by atoms with Gasteiger partial charge in [-0.25, -0.2) is 9.18 Å². The Hall–Kier alpha value is -2.83. The number of piperidine rings is 1. The zero-order valence-corrected chi connectivity index (χ0v) is 14.4. The molecule has 1 fully saturated rings. The van der Waals surface area contributed by atoms with Crippen molar-refractivity contribution in [1.29, 1.82) is 0 Å². The summed E-state index contributed by atoms with van der Waals surface area (Å²) in [7, 11) is 0. The van der Waals surface area contributed by atoms with Crippen LogP contribution in [0.1, 0.15) is 28.8 Å². The van der Waals surface area contributed by atoms with E-state index in [1.807, 2.05) is 0 Å². The first kappa shape index (κ1) is 18.0. The summed E-state index contributed by atoms with van der Waals surface area (Å²) in [6, 6.07) is 7.73. The largest absolute Gasteiger partial charge is 0.472 e. The molecule has 2 aromatic rings. The topological polar surface area (TPSA) is 74.6 Å². The van der Waals surface area contributed by atoms with Crippen LogP contribution < -0.4 is 10.6 Å². The van der Waals surface area contributed by atoms with Gasteiger partial charge in [-0.15, -0.1) is 0 Å². The smallest absolute Gasteiger partial charge is 0.315 e. The molecular formula is C19H22FN3O3. The first-order valence-corrected chi connectivity index (χ1v) is 8.72. The average molecular weight is 359 g/mol. The molecule has 0 radical (unpaired) electrons. The van der Waals surface area contributed by atoms with Crippen molar-refractivity contribution in [2.75, 3.05) is 19.6 Å². The highest BCUT2D eigenvalue weighted by atomic mass is 19.1. The van der Waals surface area contributed by atoms with Crippen LogP contribution in [0.4, 0.5) is 9.18 Å². The number of nitrogens with zero attached hydrogens (tertiary/aromatic N) is 1. The lowest BCUT2D eigenvalue weighted by atomic mass is 10.0. The van der Waals surface area contributed by atoms with Crippen molar-refractivity contribution < 1.29 is 18.4 Å². The van der Waals surface area contributed by atoms with Crippen molar-refractivity contribution in [2.24, 2.45) is 0 Å². The fraction of sp³-hybridized carbons (Fsp3) is 0.368. The minimum atomic E-state index is -0.267. The van der Waals surface area contributed by atoms with E-state index in [1.165, 1.54) is 24.7 Å². The summed E-state index contributed by atoms with van der Waals surface area (Å²) in [5, 5.41) is 5.75. The van der Waals surface area contributed by atoms with Crippen molar-refractivity contribution in [1.82, 2.24) is 15.5 Å². The fourth-order valence-electron chi connectivity index (χ4n) is 3.00. The van der Waals surface area contributed by atoms with Gasteiger partial charge in [0.15, 0.2) is 0 Å². The third-order valence-electron chi connectivity index (χ3n) is 4.50. The Morgan fingerprint density at radius 2 is 1.88 bits per heavy atom. The molecule has 1 aliphatic heterocycles. The van der Waals surface area contributed by atoms with E-state index in [2.05, 4.69) is 10.6 Å². The summed E-state index contributed by atoms with van der Waals surface area (Å²) >= 11 is 0. The molecule has 2 heterocycles. The molecule has 0 atom stereocenters. The summed E-state index contributed by atoms with van der Waals surface area (Å²) < 4.78 is 17.8. The summed E-state index contributed by atoms with van der Waals surface area (Å²) in [5.41, 5.74) is 1.52. The van der Waals surface area contributed by atoms with Gasteiger partial charge in [0.05, 0.1) is 11.8 Å². The lowest BCUT2D eigenvalue weighted by Crippen LogP contribution is -2.49. The van der Waals surface area contributed by atoms with Crippen molar-refractivity contribution >= 4 is 11.9 Å². The zero-order valence-electron chi connectivity index (χ0n) is 14.4. The van der Waals surface area contributed by atoms with Gasteiger partial charge in [0, 0.05) is 25.7 Å². The molecule has 0 spiro atoms. The van der Waals surface area contributed by atoms with Crippen LogP contribution in [-0.2, 0) is 6.42 Å². The zero-order chi connectivity index (χ0) is 18.4. The second kappa shape index (κ2) is 8.51. The molecule has 1 aromatic carbocycles. The number of hydrogen-bond acceptors (Lipinski definition) is 3. The van der Waals surface area contributed by atoms with Gasteiger partial charge in [0.25, 0.3) is 5.91 Å². The minimum Gasteiger partial charge on any atom is -0.472 e. The molecular weight excluding hydrogens is 337 g/mol. The number of rotatable bonds is 5. The highest BCUT2D eigenvalue weighted by molar-refractivity contribution is 5.93. The molecule has 3 amide bonds. The number of carbonyl (C=O) groups is 2. The average Bonchev–Trinajstić information content (AvgIpc) is 3.18. The molecule has 1 aromatic heterocycles. The van der Waals surface area contributed by atoms with Crippen molar-refractivity contribution in [2.45, 2.75) is 25.3 Å². The Morgan fingerprint density at radius 1 is 1.15 bits per heavy atom. The van der Waals surface area contributed by atoms with E-state index in [9.17, 15) is 14.0 Å². The van der Waals surface area contributed by atoms with Gasteiger partial charge in [-0.05, 0) is 43.0 Å². The van der Waals surface area contributed by atoms with Gasteiger partial charge >= 0.3 is 6.03 Å². The molecule has 3 rings (SSSR count). The van der Waals surface area contributed by atoms with E-state index in [-0.39, 0.29) is 23.8 Å². The van der Waals surface area contributed by atoms with E-state index >= 15 is 0 Å².